The maximum absolute atomic E-state index is 6.10. The van der Waals surface area contributed by atoms with Crippen LogP contribution in [0.1, 0.15) is 61.3 Å². The van der Waals surface area contributed by atoms with Crippen LogP contribution >= 0.6 is 0 Å². The van der Waals surface area contributed by atoms with Crippen LogP contribution < -0.4 is 5.73 Å². The molecule has 0 amide bonds. The second-order valence-corrected chi connectivity index (χ2v) is 4.58. The summed E-state index contributed by atoms with van der Waals surface area (Å²) in [6.07, 6.45) is 3.33. The number of nitrogens with two attached hydrogens (primary N) is 1. The lowest BCUT2D eigenvalue weighted by Crippen LogP contribution is -2.16. The molecule has 0 aromatic carbocycles. The van der Waals surface area contributed by atoms with Crippen LogP contribution in [0.4, 0.5) is 0 Å². The maximum atomic E-state index is 6.10. The summed E-state index contributed by atoms with van der Waals surface area (Å²) in [5.74, 6) is 2.74. The topological polar surface area (TPSA) is 39.2 Å². The van der Waals surface area contributed by atoms with Crippen LogP contribution in [0.15, 0.2) is 4.42 Å². The summed E-state index contributed by atoms with van der Waals surface area (Å²) in [5, 5.41) is 0. The third kappa shape index (κ3) is 1.38. The summed E-state index contributed by atoms with van der Waals surface area (Å²) in [5.41, 5.74) is 8.69. The Hall–Kier alpha value is -0.760. The smallest absolute Gasteiger partial charge is 0.109 e. The Bertz CT molecular complexity index is 338. The summed E-state index contributed by atoms with van der Waals surface area (Å²) in [7, 11) is 0. The van der Waals surface area contributed by atoms with Crippen LogP contribution in [0.25, 0.3) is 0 Å². The van der Waals surface area contributed by atoms with Crippen molar-refractivity contribution in [3.63, 3.8) is 0 Å². The van der Waals surface area contributed by atoms with E-state index in [1.54, 1.807) is 0 Å². The first kappa shape index (κ1) is 9.78. The molecule has 0 bridgehead atoms. The molecule has 0 aliphatic heterocycles. The minimum Gasteiger partial charge on any atom is -0.465 e. The monoisotopic (exact) mass is 193 g/mol. The van der Waals surface area contributed by atoms with Gasteiger partial charge in [0.1, 0.15) is 11.5 Å². The van der Waals surface area contributed by atoms with Crippen LogP contribution in [0.3, 0.4) is 0 Å². The Morgan fingerprint density at radius 2 is 2.14 bits per heavy atom. The SMILES string of the molecule is Cc1c(C(C)C)oc2c1[C@@H](N)CCC2. The standard InChI is InChI=1S/C12H19NO/c1-7(2)12-8(3)11-9(13)5-4-6-10(11)14-12/h7,9H,4-6,13H2,1-3H3/t9-/m0/s1. The largest absolute Gasteiger partial charge is 0.465 e. The van der Waals surface area contributed by atoms with E-state index in [0.717, 1.165) is 24.4 Å². The quantitative estimate of drug-likeness (QED) is 0.744. The lowest BCUT2D eigenvalue weighted by Gasteiger charge is -2.17. The van der Waals surface area contributed by atoms with E-state index in [1.165, 1.54) is 17.5 Å². The first-order valence-electron chi connectivity index (χ1n) is 5.49. The molecule has 0 spiro atoms. The average molecular weight is 193 g/mol. The van der Waals surface area contributed by atoms with Gasteiger partial charge in [0.15, 0.2) is 0 Å². The highest BCUT2D eigenvalue weighted by molar-refractivity contribution is 5.37. The molecule has 0 fully saturated rings. The summed E-state index contributed by atoms with van der Waals surface area (Å²) < 4.78 is 5.89. The van der Waals surface area contributed by atoms with Crippen molar-refractivity contribution in [2.24, 2.45) is 5.73 Å². The molecule has 0 unspecified atom stereocenters. The summed E-state index contributed by atoms with van der Waals surface area (Å²) >= 11 is 0. The highest BCUT2D eigenvalue weighted by atomic mass is 16.3. The Balaban J connectivity index is 2.49. The van der Waals surface area contributed by atoms with Gasteiger partial charge < -0.3 is 10.2 Å². The van der Waals surface area contributed by atoms with Crippen molar-refractivity contribution < 1.29 is 4.42 Å². The minimum atomic E-state index is 0.204. The molecule has 78 valence electrons. The molecular formula is C12H19NO. The molecular weight excluding hydrogens is 174 g/mol. The Labute approximate surface area is 85.5 Å². The lowest BCUT2D eigenvalue weighted by molar-refractivity contribution is 0.417. The van der Waals surface area contributed by atoms with Crippen molar-refractivity contribution in [2.45, 2.75) is 52.0 Å². The molecule has 0 saturated heterocycles. The second kappa shape index (κ2) is 3.43. The molecule has 0 saturated carbocycles. The summed E-state index contributed by atoms with van der Waals surface area (Å²) in [6, 6.07) is 0.204. The first-order valence-corrected chi connectivity index (χ1v) is 5.49. The fourth-order valence-corrected chi connectivity index (χ4v) is 2.45. The van der Waals surface area contributed by atoms with E-state index < -0.39 is 0 Å². The van der Waals surface area contributed by atoms with Gasteiger partial charge in [-0.1, -0.05) is 13.8 Å². The van der Waals surface area contributed by atoms with E-state index >= 15 is 0 Å². The Morgan fingerprint density at radius 3 is 2.71 bits per heavy atom. The van der Waals surface area contributed by atoms with Gasteiger partial charge in [0.2, 0.25) is 0 Å². The molecule has 1 atom stereocenters. The molecule has 2 nitrogen and oxygen atoms in total. The van der Waals surface area contributed by atoms with E-state index in [-0.39, 0.29) is 6.04 Å². The van der Waals surface area contributed by atoms with Gasteiger partial charge in [-0.05, 0) is 25.3 Å². The highest BCUT2D eigenvalue weighted by Gasteiger charge is 2.26. The predicted octanol–water partition coefficient (Wildman–Crippen LogP) is 3.05. The number of rotatable bonds is 1. The first-order chi connectivity index (χ1) is 6.61. The highest BCUT2D eigenvalue weighted by Crippen LogP contribution is 2.36. The van der Waals surface area contributed by atoms with Gasteiger partial charge in [-0.25, -0.2) is 0 Å². The normalized spacial score (nSPS) is 21.4. The van der Waals surface area contributed by atoms with Gasteiger partial charge in [0.25, 0.3) is 0 Å². The van der Waals surface area contributed by atoms with Crippen LogP contribution in [0.2, 0.25) is 0 Å². The van der Waals surface area contributed by atoms with Gasteiger partial charge in [-0.15, -0.1) is 0 Å². The minimum absolute atomic E-state index is 0.204. The van der Waals surface area contributed by atoms with Crippen LogP contribution in [0, 0.1) is 6.92 Å². The zero-order valence-corrected chi connectivity index (χ0v) is 9.26. The predicted molar refractivity (Wildman–Crippen MR) is 57.4 cm³/mol. The van der Waals surface area contributed by atoms with Crippen molar-refractivity contribution in [1.82, 2.24) is 0 Å². The Morgan fingerprint density at radius 1 is 1.43 bits per heavy atom. The number of hydrogen-bond acceptors (Lipinski definition) is 2. The van der Waals surface area contributed by atoms with Gasteiger partial charge in [-0.3, -0.25) is 0 Å². The van der Waals surface area contributed by atoms with Crippen LogP contribution in [-0.2, 0) is 6.42 Å². The van der Waals surface area contributed by atoms with Gasteiger partial charge in [0.05, 0.1) is 0 Å². The van der Waals surface area contributed by atoms with E-state index in [9.17, 15) is 0 Å². The second-order valence-electron chi connectivity index (χ2n) is 4.58. The van der Waals surface area contributed by atoms with Gasteiger partial charge in [-0.2, -0.15) is 0 Å². The van der Waals surface area contributed by atoms with E-state index in [0.29, 0.717) is 5.92 Å². The van der Waals surface area contributed by atoms with Crippen LogP contribution in [-0.4, -0.2) is 0 Å². The molecule has 2 N–H and O–H groups in total. The lowest BCUT2D eigenvalue weighted by atomic mass is 9.90. The number of fused-ring (bicyclic) bond motifs is 1. The van der Waals surface area contributed by atoms with Crippen molar-refractivity contribution in [1.29, 1.82) is 0 Å². The third-order valence-corrected chi connectivity index (χ3v) is 3.12. The van der Waals surface area contributed by atoms with Crippen molar-refractivity contribution in [3.05, 3.63) is 22.6 Å². The fraction of sp³-hybridized carbons (Fsp3) is 0.667. The maximum Gasteiger partial charge on any atom is 0.109 e. The van der Waals surface area contributed by atoms with Crippen LogP contribution in [0.5, 0.6) is 0 Å². The Kier molecular flexibility index (Phi) is 2.40. The van der Waals surface area contributed by atoms with Crippen molar-refractivity contribution in [2.75, 3.05) is 0 Å². The molecule has 14 heavy (non-hydrogen) atoms. The van der Waals surface area contributed by atoms with Crippen molar-refractivity contribution in [3.8, 4) is 0 Å². The molecule has 1 aromatic heterocycles. The van der Waals surface area contributed by atoms with Gasteiger partial charge >= 0.3 is 0 Å². The fourth-order valence-electron chi connectivity index (χ4n) is 2.45. The molecule has 2 rings (SSSR count). The molecule has 1 aliphatic rings. The van der Waals surface area contributed by atoms with Gasteiger partial charge in [0, 0.05) is 23.9 Å². The molecule has 0 radical (unpaired) electrons. The number of hydrogen-bond donors (Lipinski definition) is 1. The molecule has 1 aliphatic carbocycles. The summed E-state index contributed by atoms with van der Waals surface area (Å²) in [6.45, 7) is 6.48. The number of aryl methyl sites for hydroxylation is 1. The van der Waals surface area contributed by atoms with E-state index in [2.05, 4.69) is 20.8 Å². The zero-order chi connectivity index (χ0) is 10.3. The van der Waals surface area contributed by atoms with E-state index in [4.69, 9.17) is 10.2 Å². The average Bonchev–Trinajstić information content (AvgIpc) is 2.45. The zero-order valence-electron chi connectivity index (χ0n) is 9.26. The third-order valence-electron chi connectivity index (χ3n) is 3.12. The van der Waals surface area contributed by atoms with Crippen molar-refractivity contribution >= 4 is 0 Å². The summed E-state index contributed by atoms with van der Waals surface area (Å²) in [4.78, 5) is 0. The molecule has 2 heteroatoms. The van der Waals surface area contributed by atoms with E-state index in [1.807, 2.05) is 0 Å². The number of furan rings is 1. The molecule has 1 heterocycles. The molecule has 1 aromatic rings.